The molecule has 0 N–H and O–H groups in total. The summed E-state index contributed by atoms with van der Waals surface area (Å²) in [5, 5.41) is 0. The minimum Gasteiger partial charge on any atom is -0.465 e. The van der Waals surface area contributed by atoms with Crippen molar-refractivity contribution >= 4 is 11.8 Å². The van der Waals surface area contributed by atoms with Gasteiger partial charge in [0.25, 0.3) is 0 Å². The van der Waals surface area contributed by atoms with Crippen molar-refractivity contribution in [3.05, 3.63) is 0 Å². The lowest BCUT2D eigenvalue weighted by molar-refractivity contribution is -0.151. The van der Waals surface area contributed by atoms with Crippen molar-refractivity contribution in [1.82, 2.24) is 0 Å². The van der Waals surface area contributed by atoms with Crippen LogP contribution in [-0.2, 0) is 14.3 Å². The molecule has 78 valence electrons. The fourth-order valence-corrected chi connectivity index (χ4v) is 1.07. The molecule has 0 aliphatic heterocycles. The minimum atomic E-state index is -0.643. The van der Waals surface area contributed by atoms with E-state index in [1.807, 2.05) is 0 Å². The van der Waals surface area contributed by atoms with Crippen LogP contribution in [0.2, 0.25) is 0 Å². The first kappa shape index (κ1) is 12.7. The van der Waals surface area contributed by atoms with Crippen LogP contribution in [0.4, 0.5) is 0 Å². The van der Waals surface area contributed by atoms with E-state index in [0.717, 1.165) is 0 Å². The van der Waals surface area contributed by atoms with Gasteiger partial charge in [0, 0.05) is 6.42 Å². The average Bonchev–Trinajstić information content (AvgIpc) is 2.12. The van der Waals surface area contributed by atoms with Gasteiger partial charge in [0.05, 0.1) is 6.61 Å². The van der Waals surface area contributed by atoms with Gasteiger partial charge in [0.2, 0.25) is 0 Å². The minimum absolute atomic E-state index is 0.152. The van der Waals surface area contributed by atoms with Crippen molar-refractivity contribution in [3.63, 3.8) is 0 Å². The summed E-state index contributed by atoms with van der Waals surface area (Å²) in [6.45, 7) is 5.16. The maximum Gasteiger partial charge on any atom is 0.316 e. The van der Waals surface area contributed by atoms with Gasteiger partial charge in [0.15, 0.2) is 0 Å². The van der Waals surface area contributed by atoms with Crippen LogP contribution in [-0.4, -0.2) is 18.4 Å². The molecule has 0 aromatic rings. The zero-order valence-corrected chi connectivity index (χ0v) is 8.92. The van der Waals surface area contributed by atoms with E-state index in [9.17, 15) is 9.59 Å². The van der Waals surface area contributed by atoms with Gasteiger partial charge >= 0.3 is 5.97 Å². The third-order valence-electron chi connectivity index (χ3n) is 1.80. The molecule has 0 rings (SSSR count). The molecule has 0 aromatic carbocycles. The van der Waals surface area contributed by atoms with Gasteiger partial charge in [-0.3, -0.25) is 9.59 Å². The molecule has 0 radical (unpaired) electrons. The monoisotopic (exact) mass is 196 g/mol. The Balaban J connectivity index is 4.19. The number of Topliss-reactive ketones (excluding diaryl/α,β-unsaturated/α-hetero) is 1. The summed E-state index contributed by atoms with van der Waals surface area (Å²) < 4.78 is 4.79. The number of carbonyl (C=O) groups excluding carboxylic acids is 2. The van der Waals surface area contributed by atoms with E-state index >= 15 is 0 Å². The van der Waals surface area contributed by atoms with Gasteiger partial charge in [-0.2, -0.15) is 0 Å². The Hall–Kier alpha value is -1.30. The standard InChI is InChI=1S/C11H16O3/c1-4-6-7-8-10(9(3)12)11(13)14-5-2/h10H,5,7-8H2,1-3H3. The topological polar surface area (TPSA) is 43.4 Å². The summed E-state index contributed by atoms with van der Waals surface area (Å²) >= 11 is 0. The van der Waals surface area contributed by atoms with Gasteiger partial charge in [-0.05, 0) is 27.2 Å². The van der Waals surface area contributed by atoms with E-state index < -0.39 is 11.9 Å². The maximum absolute atomic E-state index is 11.3. The van der Waals surface area contributed by atoms with Gasteiger partial charge in [-0.1, -0.05) is 0 Å². The van der Waals surface area contributed by atoms with Crippen LogP contribution in [0.1, 0.15) is 33.6 Å². The summed E-state index contributed by atoms with van der Waals surface area (Å²) in [6.07, 6.45) is 1.01. The Labute approximate surface area is 84.8 Å². The molecule has 14 heavy (non-hydrogen) atoms. The van der Waals surface area contributed by atoms with Gasteiger partial charge in [-0.15, -0.1) is 11.8 Å². The molecule has 0 saturated carbocycles. The number of hydrogen-bond donors (Lipinski definition) is 0. The number of rotatable bonds is 5. The lowest BCUT2D eigenvalue weighted by atomic mass is 9.99. The quantitative estimate of drug-likeness (QED) is 0.381. The maximum atomic E-state index is 11.3. The van der Waals surface area contributed by atoms with E-state index in [0.29, 0.717) is 19.4 Å². The van der Waals surface area contributed by atoms with Gasteiger partial charge < -0.3 is 4.74 Å². The van der Waals surface area contributed by atoms with Crippen molar-refractivity contribution in [3.8, 4) is 11.8 Å². The third kappa shape index (κ3) is 4.66. The van der Waals surface area contributed by atoms with Crippen LogP contribution >= 0.6 is 0 Å². The molecule has 0 spiro atoms. The number of esters is 1. The third-order valence-corrected chi connectivity index (χ3v) is 1.80. The molecule has 0 aliphatic rings. The highest BCUT2D eigenvalue weighted by molar-refractivity contribution is 5.97. The molecule has 1 atom stereocenters. The average molecular weight is 196 g/mol. The molecule has 0 saturated heterocycles. The molecule has 0 heterocycles. The van der Waals surface area contributed by atoms with Crippen molar-refractivity contribution in [1.29, 1.82) is 0 Å². The second kappa shape index (κ2) is 7.14. The fourth-order valence-electron chi connectivity index (χ4n) is 1.07. The molecular formula is C11H16O3. The van der Waals surface area contributed by atoms with Crippen LogP contribution < -0.4 is 0 Å². The summed E-state index contributed by atoms with van der Waals surface area (Å²) in [4.78, 5) is 22.4. The van der Waals surface area contributed by atoms with E-state index in [4.69, 9.17) is 4.74 Å². The highest BCUT2D eigenvalue weighted by atomic mass is 16.5. The molecular weight excluding hydrogens is 180 g/mol. The molecule has 3 nitrogen and oxygen atoms in total. The second-order valence-electron chi connectivity index (χ2n) is 2.88. The summed E-state index contributed by atoms with van der Waals surface area (Å²) in [5.74, 6) is 4.31. The highest BCUT2D eigenvalue weighted by Crippen LogP contribution is 2.09. The zero-order chi connectivity index (χ0) is 11.0. The van der Waals surface area contributed by atoms with Gasteiger partial charge in [0.1, 0.15) is 11.7 Å². The number of hydrogen-bond acceptors (Lipinski definition) is 3. The van der Waals surface area contributed by atoms with Crippen LogP contribution in [0.5, 0.6) is 0 Å². The summed E-state index contributed by atoms with van der Waals surface area (Å²) in [5.41, 5.74) is 0. The normalized spacial score (nSPS) is 11.1. The van der Waals surface area contributed by atoms with Crippen molar-refractivity contribution in [2.45, 2.75) is 33.6 Å². The zero-order valence-electron chi connectivity index (χ0n) is 8.92. The molecule has 0 bridgehead atoms. The van der Waals surface area contributed by atoms with E-state index in [-0.39, 0.29) is 5.78 Å². The van der Waals surface area contributed by atoms with Crippen molar-refractivity contribution in [2.75, 3.05) is 6.61 Å². The molecule has 0 aromatic heterocycles. The lowest BCUT2D eigenvalue weighted by Crippen LogP contribution is -2.24. The van der Waals surface area contributed by atoms with E-state index in [1.54, 1.807) is 13.8 Å². The Kier molecular flexibility index (Phi) is 6.47. The Morgan fingerprint density at radius 2 is 2.07 bits per heavy atom. The fraction of sp³-hybridized carbons (Fsp3) is 0.636. The summed E-state index contributed by atoms with van der Waals surface area (Å²) in [6, 6.07) is 0. The second-order valence-corrected chi connectivity index (χ2v) is 2.88. The number of ketones is 1. The van der Waals surface area contributed by atoms with Crippen LogP contribution in [0.3, 0.4) is 0 Å². The van der Waals surface area contributed by atoms with Crippen molar-refractivity contribution in [2.24, 2.45) is 5.92 Å². The number of carbonyl (C=O) groups is 2. The number of ether oxygens (including phenoxy) is 1. The first-order chi connectivity index (χ1) is 6.63. The van der Waals surface area contributed by atoms with Crippen LogP contribution in [0, 0.1) is 17.8 Å². The lowest BCUT2D eigenvalue weighted by Gasteiger charge is -2.10. The molecule has 1 unspecified atom stereocenters. The Morgan fingerprint density at radius 1 is 1.43 bits per heavy atom. The first-order valence-corrected chi connectivity index (χ1v) is 4.70. The smallest absolute Gasteiger partial charge is 0.316 e. The first-order valence-electron chi connectivity index (χ1n) is 4.70. The molecule has 3 heteroatoms. The predicted molar refractivity (Wildman–Crippen MR) is 53.5 cm³/mol. The van der Waals surface area contributed by atoms with E-state index in [2.05, 4.69) is 11.8 Å². The van der Waals surface area contributed by atoms with Crippen LogP contribution in [0.15, 0.2) is 0 Å². The van der Waals surface area contributed by atoms with Crippen LogP contribution in [0.25, 0.3) is 0 Å². The highest BCUT2D eigenvalue weighted by Gasteiger charge is 2.23. The largest absolute Gasteiger partial charge is 0.465 e. The molecule has 0 aliphatic carbocycles. The van der Waals surface area contributed by atoms with Crippen molar-refractivity contribution < 1.29 is 14.3 Å². The predicted octanol–water partition coefficient (Wildman–Crippen LogP) is 1.56. The summed E-state index contributed by atoms with van der Waals surface area (Å²) in [7, 11) is 0. The SMILES string of the molecule is CC#CCCC(C(C)=O)C(=O)OCC. The Morgan fingerprint density at radius 3 is 2.50 bits per heavy atom. The molecule has 0 amide bonds. The molecule has 0 fully saturated rings. The van der Waals surface area contributed by atoms with Gasteiger partial charge in [-0.25, -0.2) is 0 Å². The van der Waals surface area contributed by atoms with E-state index in [1.165, 1.54) is 6.92 Å². The Bertz CT molecular complexity index is 257.